The second kappa shape index (κ2) is 7.92. The van der Waals surface area contributed by atoms with Gasteiger partial charge in [0, 0.05) is 30.2 Å². The molecule has 0 unspecified atom stereocenters. The van der Waals surface area contributed by atoms with Crippen LogP contribution in [0.1, 0.15) is 24.5 Å². The van der Waals surface area contributed by atoms with Crippen LogP contribution in [-0.4, -0.2) is 31.4 Å². The molecule has 0 saturated heterocycles. The van der Waals surface area contributed by atoms with Gasteiger partial charge in [0.25, 0.3) is 0 Å². The zero-order chi connectivity index (χ0) is 18.6. The normalized spacial score (nSPS) is 12.8. The smallest absolute Gasteiger partial charge is 0.234 e. The van der Waals surface area contributed by atoms with Gasteiger partial charge in [0.05, 0.1) is 5.75 Å². The highest BCUT2D eigenvalue weighted by atomic mass is 32.2. The maximum atomic E-state index is 12.5. The molecule has 1 aliphatic carbocycles. The molecule has 0 atom stereocenters. The molecule has 0 fully saturated rings. The predicted octanol–water partition coefficient (Wildman–Crippen LogP) is 3.58. The third-order valence-electron chi connectivity index (χ3n) is 4.71. The van der Waals surface area contributed by atoms with Crippen molar-refractivity contribution in [1.29, 1.82) is 0 Å². The number of anilines is 1. The number of amides is 1. The molecular formula is C20H21N5OS. The molecule has 0 aliphatic heterocycles. The van der Waals surface area contributed by atoms with E-state index in [1.165, 1.54) is 22.9 Å². The first-order valence-corrected chi connectivity index (χ1v) is 10.1. The Hall–Kier alpha value is -2.67. The van der Waals surface area contributed by atoms with E-state index in [0.29, 0.717) is 5.75 Å². The van der Waals surface area contributed by atoms with Crippen LogP contribution in [0.5, 0.6) is 0 Å². The summed E-state index contributed by atoms with van der Waals surface area (Å²) in [6.45, 7) is 2.77. The van der Waals surface area contributed by atoms with Crippen LogP contribution < -0.4 is 5.32 Å². The zero-order valence-corrected chi connectivity index (χ0v) is 16.0. The summed E-state index contributed by atoms with van der Waals surface area (Å²) < 4.78 is 2.01. The summed E-state index contributed by atoms with van der Waals surface area (Å²) in [5.41, 5.74) is 4.50. The molecule has 138 valence electrons. The highest BCUT2D eigenvalue weighted by Crippen LogP contribution is 2.29. The summed E-state index contributed by atoms with van der Waals surface area (Å²) in [5.74, 6) is 1.05. The average Bonchev–Trinajstić information content (AvgIpc) is 3.34. The second-order valence-corrected chi connectivity index (χ2v) is 7.37. The largest absolute Gasteiger partial charge is 0.325 e. The van der Waals surface area contributed by atoms with E-state index in [1.54, 1.807) is 12.4 Å². The summed E-state index contributed by atoms with van der Waals surface area (Å²) in [7, 11) is 0. The number of nitrogens with one attached hydrogen (secondary N) is 1. The number of thioether (sulfide) groups is 1. The average molecular weight is 379 g/mol. The molecule has 0 radical (unpaired) electrons. The van der Waals surface area contributed by atoms with Crippen molar-refractivity contribution in [2.75, 3.05) is 11.1 Å². The number of nitrogens with zero attached hydrogens (tertiary/aromatic N) is 4. The van der Waals surface area contributed by atoms with Gasteiger partial charge in [-0.15, -0.1) is 10.2 Å². The lowest BCUT2D eigenvalue weighted by molar-refractivity contribution is -0.113. The van der Waals surface area contributed by atoms with Crippen molar-refractivity contribution in [2.45, 2.75) is 37.9 Å². The molecule has 1 aromatic carbocycles. The minimum absolute atomic E-state index is 0.0196. The Morgan fingerprint density at radius 1 is 1.22 bits per heavy atom. The monoisotopic (exact) mass is 379 g/mol. The lowest BCUT2D eigenvalue weighted by Gasteiger charge is -2.10. The van der Waals surface area contributed by atoms with Gasteiger partial charge in [-0.2, -0.15) is 0 Å². The van der Waals surface area contributed by atoms with Crippen LogP contribution >= 0.6 is 11.8 Å². The summed E-state index contributed by atoms with van der Waals surface area (Å²) in [6, 6.07) is 9.99. The molecule has 6 nitrogen and oxygen atoms in total. The van der Waals surface area contributed by atoms with Gasteiger partial charge in [-0.3, -0.25) is 9.78 Å². The van der Waals surface area contributed by atoms with Crippen LogP contribution in [-0.2, 0) is 24.2 Å². The van der Waals surface area contributed by atoms with E-state index in [9.17, 15) is 4.79 Å². The molecular weight excluding hydrogens is 358 g/mol. The number of aromatic nitrogens is 4. The predicted molar refractivity (Wildman–Crippen MR) is 107 cm³/mol. The Bertz CT molecular complexity index is 954. The number of hydrogen-bond acceptors (Lipinski definition) is 5. The van der Waals surface area contributed by atoms with Gasteiger partial charge in [-0.1, -0.05) is 23.9 Å². The summed E-state index contributed by atoms with van der Waals surface area (Å²) >= 11 is 1.40. The van der Waals surface area contributed by atoms with Crippen LogP contribution in [0.15, 0.2) is 47.9 Å². The van der Waals surface area contributed by atoms with Crippen molar-refractivity contribution in [3.05, 3.63) is 53.9 Å². The molecule has 27 heavy (non-hydrogen) atoms. The SMILES string of the molecule is CCn1c(SCC(=O)Nc2cccc3c2CCC3)nnc1-c1cccnc1. The van der Waals surface area contributed by atoms with Crippen LogP contribution in [0.25, 0.3) is 11.4 Å². The highest BCUT2D eigenvalue weighted by Gasteiger charge is 2.17. The van der Waals surface area contributed by atoms with E-state index < -0.39 is 0 Å². The minimum Gasteiger partial charge on any atom is -0.325 e. The topological polar surface area (TPSA) is 72.7 Å². The number of pyridine rings is 1. The number of fused-ring (bicyclic) bond motifs is 1. The Kier molecular flexibility index (Phi) is 5.20. The van der Waals surface area contributed by atoms with Crippen LogP contribution in [0, 0.1) is 0 Å². The fourth-order valence-corrected chi connectivity index (χ4v) is 4.24. The quantitative estimate of drug-likeness (QED) is 0.663. The fourth-order valence-electron chi connectivity index (χ4n) is 3.44. The Morgan fingerprint density at radius 2 is 2.15 bits per heavy atom. The van der Waals surface area contributed by atoms with Crippen molar-refractivity contribution in [3.63, 3.8) is 0 Å². The maximum absolute atomic E-state index is 12.5. The number of carbonyl (C=O) groups is 1. The Balaban J connectivity index is 1.44. The van der Waals surface area contributed by atoms with Crippen molar-refractivity contribution in [1.82, 2.24) is 19.7 Å². The number of aryl methyl sites for hydroxylation is 1. The molecule has 0 bridgehead atoms. The number of rotatable bonds is 6. The van der Waals surface area contributed by atoms with Crippen LogP contribution in [0.2, 0.25) is 0 Å². The molecule has 0 saturated carbocycles. The van der Waals surface area contributed by atoms with Gasteiger partial charge in [-0.05, 0) is 55.5 Å². The minimum atomic E-state index is -0.0196. The molecule has 2 aromatic heterocycles. The third kappa shape index (κ3) is 3.73. The Morgan fingerprint density at radius 3 is 2.96 bits per heavy atom. The van der Waals surface area contributed by atoms with Gasteiger partial charge < -0.3 is 9.88 Å². The van der Waals surface area contributed by atoms with Crippen LogP contribution in [0.3, 0.4) is 0 Å². The lowest BCUT2D eigenvalue weighted by Crippen LogP contribution is -2.16. The van der Waals surface area contributed by atoms with Gasteiger partial charge in [0.2, 0.25) is 5.91 Å². The third-order valence-corrected chi connectivity index (χ3v) is 5.67. The first-order valence-electron chi connectivity index (χ1n) is 9.13. The van der Waals surface area contributed by atoms with E-state index in [2.05, 4.69) is 26.6 Å². The second-order valence-electron chi connectivity index (χ2n) is 6.43. The van der Waals surface area contributed by atoms with E-state index >= 15 is 0 Å². The Labute approximate surface area is 162 Å². The first-order chi connectivity index (χ1) is 13.3. The van der Waals surface area contributed by atoms with Crippen LogP contribution in [0.4, 0.5) is 5.69 Å². The maximum Gasteiger partial charge on any atom is 0.234 e. The van der Waals surface area contributed by atoms with Gasteiger partial charge >= 0.3 is 0 Å². The highest BCUT2D eigenvalue weighted by molar-refractivity contribution is 7.99. The molecule has 3 aromatic rings. The molecule has 1 aliphatic rings. The molecule has 2 heterocycles. The van der Waals surface area contributed by atoms with E-state index in [0.717, 1.165) is 48.0 Å². The summed E-state index contributed by atoms with van der Waals surface area (Å²) in [4.78, 5) is 16.6. The zero-order valence-electron chi connectivity index (χ0n) is 15.2. The molecule has 0 spiro atoms. The van der Waals surface area contributed by atoms with E-state index in [4.69, 9.17) is 0 Å². The fraction of sp³-hybridized carbons (Fsp3) is 0.300. The molecule has 7 heteroatoms. The number of carbonyl (C=O) groups excluding carboxylic acids is 1. The van der Waals surface area contributed by atoms with Crippen molar-refractivity contribution in [3.8, 4) is 11.4 Å². The van der Waals surface area contributed by atoms with Gasteiger partial charge in [0.1, 0.15) is 0 Å². The van der Waals surface area contributed by atoms with E-state index in [-0.39, 0.29) is 5.91 Å². The first kappa shape index (κ1) is 17.7. The van der Waals surface area contributed by atoms with Crippen molar-refractivity contribution >= 4 is 23.4 Å². The summed E-state index contributed by atoms with van der Waals surface area (Å²) in [6.07, 6.45) is 6.81. The van der Waals surface area contributed by atoms with E-state index in [1.807, 2.05) is 35.8 Å². The lowest BCUT2D eigenvalue weighted by atomic mass is 10.1. The van der Waals surface area contributed by atoms with Crippen molar-refractivity contribution < 1.29 is 4.79 Å². The standard InChI is InChI=1S/C20H21N5OS/c1-2-25-19(15-8-5-11-21-12-15)23-24-20(25)27-13-18(26)22-17-10-4-7-14-6-3-9-16(14)17/h4-5,7-8,10-12H,2-3,6,9,13H2,1H3,(H,22,26). The molecule has 1 amide bonds. The molecule has 4 rings (SSSR count). The van der Waals surface area contributed by atoms with Gasteiger partial charge in [0.15, 0.2) is 11.0 Å². The van der Waals surface area contributed by atoms with Crippen molar-refractivity contribution in [2.24, 2.45) is 0 Å². The number of hydrogen-bond donors (Lipinski definition) is 1. The molecule has 1 N–H and O–H groups in total. The number of benzene rings is 1. The van der Waals surface area contributed by atoms with Gasteiger partial charge in [-0.25, -0.2) is 0 Å². The summed E-state index contributed by atoms with van der Waals surface area (Å²) in [5, 5.41) is 12.4.